The van der Waals surface area contributed by atoms with Gasteiger partial charge in [0.2, 0.25) is 0 Å². The Morgan fingerprint density at radius 3 is 2.58 bits per heavy atom. The summed E-state index contributed by atoms with van der Waals surface area (Å²) in [7, 11) is 1.86. The predicted octanol–water partition coefficient (Wildman–Crippen LogP) is 3.10. The van der Waals surface area contributed by atoms with Crippen molar-refractivity contribution in [2.75, 3.05) is 19.7 Å². The SMILES string of the molecule is Cn1ccnc1[C@@]1(O)COC2(CCN(C(=O)c3ccc(-c4ccc(F)cc4)o3)CC2)C1. The molecular weight excluding hydrogens is 401 g/mol. The number of aromatic nitrogens is 2. The van der Waals surface area contributed by atoms with Gasteiger partial charge in [0.05, 0.1) is 12.2 Å². The normalized spacial score (nSPS) is 22.9. The number of imidazole rings is 1. The van der Waals surface area contributed by atoms with Gasteiger partial charge in [-0.15, -0.1) is 0 Å². The number of nitrogens with zero attached hydrogens (tertiary/aromatic N) is 3. The van der Waals surface area contributed by atoms with Crippen molar-refractivity contribution in [3.63, 3.8) is 0 Å². The topological polar surface area (TPSA) is 80.7 Å². The fraction of sp³-hybridized carbons (Fsp3) is 0.391. The fourth-order valence-electron chi connectivity index (χ4n) is 4.68. The summed E-state index contributed by atoms with van der Waals surface area (Å²) in [5.41, 5.74) is -0.860. The molecule has 0 radical (unpaired) electrons. The van der Waals surface area contributed by atoms with E-state index in [2.05, 4.69) is 4.98 Å². The van der Waals surface area contributed by atoms with Crippen molar-refractivity contribution in [3.8, 4) is 11.3 Å². The predicted molar refractivity (Wildman–Crippen MR) is 110 cm³/mol. The van der Waals surface area contributed by atoms with Gasteiger partial charge in [0.25, 0.3) is 5.91 Å². The van der Waals surface area contributed by atoms with Crippen LogP contribution in [-0.2, 0) is 17.4 Å². The maximum atomic E-state index is 13.1. The van der Waals surface area contributed by atoms with Gasteiger partial charge in [-0.3, -0.25) is 4.79 Å². The first-order valence-corrected chi connectivity index (χ1v) is 10.4. The molecule has 7 nitrogen and oxygen atoms in total. The van der Waals surface area contributed by atoms with Crippen molar-refractivity contribution in [2.45, 2.75) is 30.5 Å². The number of piperidine rings is 1. The number of aryl methyl sites for hydroxylation is 1. The van der Waals surface area contributed by atoms with Crippen molar-refractivity contribution in [3.05, 3.63) is 66.2 Å². The molecule has 2 aromatic heterocycles. The molecule has 1 aromatic carbocycles. The van der Waals surface area contributed by atoms with Crippen LogP contribution in [0.15, 0.2) is 53.2 Å². The van der Waals surface area contributed by atoms with Crippen LogP contribution in [0.2, 0.25) is 0 Å². The molecule has 1 N–H and O–H groups in total. The van der Waals surface area contributed by atoms with Crippen molar-refractivity contribution in [1.82, 2.24) is 14.5 Å². The number of benzene rings is 1. The first-order chi connectivity index (χ1) is 14.9. The molecule has 4 heterocycles. The number of rotatable bonds is 3. The van der Waals surface area contributed by atoms with E-state index in [0.29, 0.717) is 49.5 Å². The fourth-order valence-corrected chi connectivity index (χ4v) is 4.68. The first-order valence-electron chi connectivity index (χ1n) is 10.4. The number of ether oxygens (including phenoxy) is 1. The summed E-state index contributed by atoms with van der Waals surface area (Å²) in [6.07, 6.45) is 5.21. The zero-order valence-electron chi connectivity index (χ0n) is 17.3. The molecule has 1 spiro atoms. The quantitative estimate of drug-likeness (QED) is 0.698. The third kappa shape index (κ3) is 3.55. The Kier molecular flexibility index (Phi) is 4.71. The zero-order valence-corrected chi connectivity index (χ0v) is 17.3. The second-order valence-electron chi connectivity index (χ2n) is 8.50. The lowest BCUT2D eigenvalue weighted by molar-refractivity contribution is -0.0441. The summed E-state index contributed by atoms with van der Waals surface area (Å²) in [5, 5.41) is 11.1. The molecular formula is C23H24FN3O4. The van der Waals surface area contributed by atoms with Gasteiger partial charge in [-0.05, 0) is 49.2 Å². The Morgan fingerprint density at radius 2 is 1.90 bits per heavy atom. The molecule has 2 aliphatic heterocycles. The molecule has 1 amide bonds. The van der Waals surface area contributed by atoms with Gasteiger partial charge in [0.1, 0.15) is 23.0 Å². The van der Waals surface area contributed by atoms with Crippen molar-refractivity contribution >= 4 is 5.91 Å². The van der Waals surface area contributed by atoms with Crippen LogP contribution < -0.4 is 0 Å². The van der Waals surface area contributed by atoms with E-state index < -0.39 is 11.2 Å². The molecule has 2 fully saturated rings. The summed E-state index contributed by atoms with van der Waals surface area (Å²) >= 11 is 0. The third-order valence-corrected chi connectivity index (χ3v) is 6.38. The van der Waals surface area contributed by atoms with Crippen LogP contribution in [0.4, 0.5) is 4.39 Å². The van der Waals surface area contributed by atoms with Gasteiger partial charge in [0.15, 0.2) is 5.76 Å². The van der Waals surface area contributed by atoms with Gasteiger partial charge in [-0.2, -0.15) is 0 Å². The molecule has 162 valence electrons. The van der Waals surface area contributed by atoms with Crippen LogP contribution in [0.5, 0.6) is 0 Å². The highest BCUT2D eigenvalue weighted by atomic mass is 19.1. The summed E-state index contributed by atoms with van der Waals surface area (Å²) < 4.78 is 26.8. The molecule has 5 rings (SSSR count). The first kappa shape index (κ1) is 20.0. The molecule has 0 unspecified atom stereocenters. The minimum absolute atomic E-state index is 0.180. The van der Waals surface area contributed by atoms with E-state index in [-0.39, 0.29) is 24.1 Å². The van der Waals surface area contributed by atoms with E-state index in [1.807, 2.05) is 17.8 Å². The number of carbonyl (C=O) groups is 1. The maximum Gasteiger partial charge on any atom is 0.289 e. The lowest BCUT2D eigenvalue weighted by Gasteiger charge is -2.38. The van der Waals surface area contributed by atoms with Gasteiger partial charge < -0.3 is 23.7 Å². The molecule has 2 aliphatic rings. The van der Waals surface area contributed by atoms with Crippen LogP contribution in [0.1, 0.15) is 35.6 Å². The zero-order chi connectivity index (χ0) is 21.6. The Morgan fingerprint density at radius 1 is 1.16 bits per heavy atom. The second kappa shape index (κ2) is 7.32. The van der Waals surface area contributed by atoms with Crippen LogP contribution in [0, 0.1) is 5.82 Å². The second-order valence-corrected chi connectivity index (χ2v) is 8.50. The highest BCUT2D eigenvalue weighted by Gasteiger charge is 2.52. The Bertz CT molecular complexity index is 1100. The number of carbonyl (C=O) groups excluding carboxylic acids is 1. The maximum absolute atomic E-state index is 13.1. The van der Waals surface area contributed by atoms with E-state index in [4.69, 9.17) is 9.15 Å². The Labute approximate surface area is 179 Å². The average Bonchev–Trinajstić information content (AvgIpc) is 3.49. The van der Waals surface area contributed by atoms with Gasteiger partial charge in [-0.25, -0.2) is 9.37 Å². The van der Waals surface area contributed by atoms with Crippen LogP contribution in [-0.4, -0.2) is 50.8 Å². The number of furan rings is 1. The average molecular weight is 425 g/mol. The summed E-state index contributed by atoms with van der Waals surface area (Å²) in [5.74, 6) is 0.883. The number of halogens is 1. The molecule has 1 atom stereocenters. The monoisotopic (exact) mass is 425 g/mol. The molecule has 0 aliphatic carbocycles. The largest absolute Gasteiger partial charge is 0.451 e. The number of likely N-dealkylation sites (tertiary alicyclic amines) is 1. The lowest BCUT2D eigenvalue weighted by Crippen LogP contribution is -2.47. The van der Waals surface area contributed by atoms with Gasteiger partial charge in [0, 0.05) is 44.5 Å². The molecule has 0 saturated carbocycles. The Hall–Kier alpha value is -2.97. The minimum Gasteiger partial charge on any atom is -0.451 e. The van der Waals surface area contributed by atoms with Crippen LogP contribution in [0.3, 0.4) is 0 Å². The summed E-state index contributed by atoms with van der Waals surface area (Å²) in [6.45, 7) is 1.23. The summed E-state index contributed by atoms with van der Waals surface area (Å²) in [4.78, 5) is 19.0. The Balaban J connectivity index is 1.24. The minimum atomic E-state index is -1.12. The number of amides is 1. The molecule has 0 bridgehead atoms. The van der Waals surface area contributed by atoms with Crippen molar-refractivity contribution in [2.24, 2.45) is 7.05 Å². The lowest BCUT2D eigenvalue weighted by atomic mass is 9.83. The van der Waals surface area contributed by atoms with E-state index in [1.165, 1.54) is 12.1 Å². The molecule has 31 heavy (non-hydrogen) atoms. The number of hydrogen-bond donors (Lipinski definition) is 1. The van der Waals surface area contributed by atoms with E-state index in [0.717, 1.165) is 0 Å². The van der Waals surface area contributed by atoms with E-state index >= 15 is 0 Å². The smallest absolute Gasteiger partial charge is 0.289 e. The third-order valence-electron chi connectivity index (χ3n) is 6.38. The highest BCUT2D eigenvalue weighted by Crippen LogP contribution is 2.44. The van der Waals surface area contributed by atoms with Crippen molar-refractivity contribution in [1.29, 1.82) is 0 Å². The van der Waals surface area contributed by atoms with Gasteiger partial charge in [-0.1, -0.05) is 0 Å². The van der Waals surface area contributed by atoms with Gasteiger partial charge >= 0.3 is 0 Å². The van der Waals surface area contributed by atoms with E-state index in [9.17, 15) is 14.3 Å². The molecule has 2 saturated heterocycles. The molecule has 8 heteroatoms. The molecule has 3 aromatic rings. The highest BCUT2D eigenvalue weighted by molar-refractivity contribution is 5.92. The van der Waals surface area contributed by atoms with Crippen molar-refractivity contribution < 1.29 is 23.4 Å². The van der Waals surface area contributed by atoms with Crippen LogP contribution in [0.25, 0.3) is 11.3 Å². The standard InChI is InChI=1S/C23H24FN3O4/c1-26-13-10-25-21(26)23(29)14-22(30-15-23)8-11-27(12-9-22)20(28)19-7-6-18(31-19)16-2-4-17(24)5-3-16/h2-7,10,13,29H,8-9,11-12,14-15H2,1H3/t23-/m0/s1. The van der Waals surface area contributed by atoms with Crippen LogP contribution >= 0.6 is 0 Å². The number of hydrogen-bond acceptors (Lipinski definition) is 5. The summed E-state index contributed by atoms with van der Waals surface area (Å²) in [6, 6.07) is 9.32. The van der Waals surface area contributed by atoms with E-state index in [1.54, 1.807) is 35.4 Å². The number of aliphatic hydroxyl groups is 1.